The molecule has 0 aromatic carbocycles. The zero-order valence-corrected chi connectivity index (χ0v) is 14.3. The van der Waals surface area contributed by atoms with Gasteiger partial charge in [0.2, 0.25) is 0 Å². The summed E-state index contributed by atoms with van der Waals surface area (Å²) in [6, 6.07) is 0. The molecular weight excluding hydrogens is 256 g/mol. The van der Waals surface area contributed by atoms with E-state index in [1.54, 1.807) is 0 Å². The smallest absolute Gasteiger partial charge is 0.0860 e. The summed E-state index contributed by atoms with van der Waals surface area (Å²) in [6.07, 6.45) is 7.37. The fraction of sp³-hybridized carbons (Fsp3) is 0.714. The first-order chi connectivity index (χ1) is 8.79. The van der Waals surface area contributed by atoms with E-state index >= 15 is 0 Å². The summed E-state index contributed by atoms with van der Waals surface area (Å²) in [7, 11) is -0.898. The maximum atomic E-state index is 6.35. The van der Waals surface area contributed by atoms with Crippen molar-refractivity contribution in [3.05, 3.63) is 24.6 Å². The Bertz CT molecular complexity index is 262. The van der Waals surface area contributed by atoms with Gasteiger partial charge in [-0.3, -0.25) is 0 Å². The van der Waals surface area contributed by atoms with Crippen LogP contribution in [0.25, 0.3) is 0 Å². The maximum Gasteiger partial charge on any atom is 0.0860 e. The third-order valence-corrected chi connectivity index (χ3v) is 9.29. The summed E-state index contributed by atoms with van der Waals surface area (Å²) < 4.78 is 12.7. The highest BCUT2D eigenvalue weighted by molar-refractivity contribution is 6.54. The van der Waals surface area contributed by atoms with Crippen LogP contribution < -0.4 is 0 Å². The van der Waals surface area contributed by atoms with Gasteiger partial charge in [-0.1, -0.05) is 0 Å². The van der Waals surface area contributed by atoms with Gasteiger partial charge in [-0.2, -0.15) is 0 Å². The highest BCUT2D eigenvalue weighted by atomic mass is 28.2. The first-order valence-corrected chi connectivity index (χ1v) is 10.3. The minimum Gasteiger partial charge on any atom is -0.376 e. The van der Waals surface area contributed by atoms with Gasteiger partial charge in [0, 0.05) is 13.2 Å². The highest BCUT2D eigenvalue weighted by Crippen LogP contribution is 2.41. The highest BCUT2D eigenvalue weighted by Gasteiger charge is 2.53. The standard InChI is InChI=1S/C14H26O2Si2/c1-3-17-13(9-5-7-11-15-13)14(18-4-2)10-6-8-12-16-14/h3-4H,1-2,5-12,17-18H2. The molecule has 2 nitrogen and oxygen atoms in total. The SMILES string of the molecule is C=C[SiH2]C1(C2([SiH2]C=C)CCCCO2)CCCCO1. The molecule has 0 aliphatic carbocycles. The van der Waals surface area contributed by atoms with Crippen LogP contribution in [0.15, 0.2) is 24.6 Å². The van der Waals surface area contributed by atoms with Crippen LogP contribution >= 0.6 is 0 Å². The van der Waals surface area contributed by atoms with Crippen LogP contribution in [-0.4, -0.2) is 42.7 Å². The average molecular weight is 283 g/mol. The van der Waals surface area contributed by atoms with Gasteiger partial charge in [-0.15, -0.1) is 24.6 Å². The van der Waals surface area contributed by atoms with Gasteiger partial charge < -0.3 is 9.47 Å². The zero-order chi connectivity index (χ0) is 12.9. The molecule has 2 heterocycles. The van der Waals surface area contributed by atoms with Crippen molar-refractivity contribution in [1.82, 2.24) is 0 Å². The second-order valence-electron chi connectivity index (χ2n) is 5.59. The molecule has 102 valence electrons. The molecular formula is C14H26O2Si2. The van der Waals surface area contributed by atoms with Crippen LogP contribution in [0.3, 0.4) is 0 Å². The van der Waals surface area contributed by atoms with Gasteiger partial charge in [0.1, 0.15) is 0 Å². The van der Waals surface area contributed by atoms with Gasteiger partial charge in [-0.25, -0.2) is 0 Å². The van der Waals surface area contributed by atoms with Crippen LogP contribution in [0.1, 0.15) is 38.5 Å². The van der Waals surface area contributed by atoms with E-state index in [0.29, 0.717) is 0 Å². The maximum absolute atomic E-state index is 6.35. The summed E-state index contributed by atoms with van der Waals surface area (Å²) in [5, 5.41) is 0.0711. The molecule has 4 heteroatoms. The molecule has 0 saturated carbocycles. The molecule has 2 aliphatic rings. The third kappa shape index (κ3) is 2.57. The monoisotopic (exact) mass is 282 g/mol. The van der Waals surface area contributed by atoms with E-state index < -0.39 is 19.0 Å². The van der Waals surface area contributed by atoms with Crippen LogP contribution in [0.5, 0.6) is 0 Å². The van der Waals surface area contributed by atoms with Crippen molar-refractivity contribution < 1.29 is 9.47 Å². The topological polar surface area (TPSA) is 18.5 Å². The second kappa shape index (κ2) is 6.32. The molecule has 0 bridgehead atoms. The third-order valence-electron chi connectivity index (χ3n) is 4.49. The lowest BCUT2D eigenvalue weighted by atomic mass is 9.96. The molecule has 0 aromatic heterocycles. The summed E-state index contributed by atoms with van der Waals surface area (Å²) in [5.74, 6) is 0. The van der Waals surface area contributed by atoms with Gasteiger partial charge in [0.05, 0.1) is 29.5 Å². The zero-order valence-electron chi connectivity index (χ0n) is 11.5. The molecule has 0 N–H and O–H groups in total. The lowest BCUT2D eigenvalue weighted by Crippen LogP contribution is -2.66. The van der Waals surface area contributed by atoms with Crippen molar-refractivity contribution in [2.75, 3.05) is 13.2 Å². The summed E-state index contributed by atoms with van der Waals surface area (Å²) >= 11 is 0. The molecule has 2 saturated heterocycles. The van der Waals surface area contributed by atoms with E-state index in [1.165, 1.54) is 38.5 Å². The molecule has 2 atom stereocenters. The second-order valence-corrected chi connectivity index (χ2v) is 9.84. The summed E-state index contributed by atoms with van der Waals surface area (Å²) in [6.45, 7) is 9.83. The molecule has 2 fully saturated rings. The normalized spacial score (nSPS) is 38.4. The van der Waals surface area contributed by atoms with Gasteiger partial charge in [0.15, 0.2) is 0 Å². The minimum absolute atomic E-state index is 0.0355. The molecule has 0 spiro atoms. The van der Waals surface area contributed by atoms with Crippen LogP contribution in [0, 0.1) is 0 Å². The van der Waals surface area contributed by atoms with Crippen molar-refractivity contribution >= 4 is 19.0 Å². The van der Waals surface area contributed by atoms with E-state index in [-0.39, 0.29) is 10.4 Å². The van der Waals surface area contributed by atoms with Crippen molar-refractivity contribution in [1.29, 1.82) is 0 Å². The van der Waals surface area contributed by atoms with E-state index in [2.05, 4.69) is 24.6 Å². The summed E-state index contributed by atoms with van der Waals surface area (Å²) in [4.78, 5) is 0. The Hall–Kier alpha value is -0.166. The summed E-state index contributed by atoms with van der Waals surface area (Å²) in [5.41, 5.74) is 4.31. The Balaban J connectivity index is 2.28. The quantitative estimate of drug-likeness (QED) is 0.710. The van der Waals surface area contributed by atoms with E-state index in [1.807, 2.05) is 0 Å². The molecule has 0 radical (unpaired) electrons. The van der Waals surface area contributed by atoms with Crippen molar-refractivity contribution in [3.8, 4) is 0 Å². The van der Waals surface area contributed by atoms with E-state index in [9.17, 15) is 0 Å². The molecule has 0 aromatic rings. The van der Waals surface area contributed by atoms with Crippen molar-refractivity contribution in [2.24, 2.45) is 0 Å². The van der Waals surface area contributed by atoms with Gasteiger partial charge >= 0.3 is 0 Å². The van der Waals surface area contributed by atoms with Crippen LogP contribution in [0.2, 0.25) is 0 Å². The molecule has 2 aliphatic heterocycles. The first-order valence-electron chi connectivity index (χ1n) is 7.28. The fourth-order valence-electron chi connectivity index (χ4n) is 3.58. The number of ether oxygens (including phenoxy) is 2. The number of hydrogen-bond acceptors (Lipinski definition) is 2. The molecule has 0 amide bonds. The van der Waals surface area contributed by atoms with E-state index in [4.69, 9.17) is 9.47 Å². The molecule has 2 rings (SSSR count). The lowest BCUT2D eigenvalue weighted by molar-refractivity contribution is -0.160. The van der Waals surface area contributed by atoms with Crippen molar-refractivity contribution in [2.45, 2.75) is 49.0 Å². The molecule has 18 heavy (non-hydrogen) atoms. The Kier molecular flexibility index (Phi) is 5.01. The Morgan fingerprint density at radius 2 is 1.22 bits per heavy atom. The largest absolute Gasteiger partial charge is 0.376 e. The Morgan fingerprint density at radius 1 is 0.778 bits per heavy atom. The first kappa shape index (κ1) is 14.2. The molecule has 2 unspecified atom stereocenters. The van der Waals surface area contributed by atoms with Crippen molar-refractivity contribution in [3.63, 3.8) is 0 Å². The predicted molar refractivity (Wildman–Crippen MR) is 82.6 cm³/mol. The average Bonchev–Trinajstić information content (AvgIpc) is 2.41. The fourth-order valence-corrected chi connectivity index (χ4v) is 8.12. The van der Waals surface area contributed by atoms with E-state index in [0.717, 1.165) is 13.2 Å². The number of rotatable bonds is 5. The van der Waals surface area contributed by atoms with Gasteiger partial charge in [-0.05, 0) is 38.5 Å². The van der Waals surface area contributed by atoms with Gasteiger partial charge in [0.25, 0.3) is 0 Å². The minimum atomic E-state index is -0.449. The Labute approximate surface area is 115 Å². The van der Waals surface area contributed by atoms with Crippen LogP contribution in [-0.2, 0) is 9.47 Å². The Morgan fingerprint density at radius 3 is 1.50 bits per heavy atom. The lowest BCUT2D eigenvalue weighted by Gasteiger charge is -2.53. The number of hydrogen-bond donors (Lipinski definition) is 0. The van der Waals surface area contributed by atoms with Crippen LogP contribution in [0.4, 0.5) is 0 Å². The predicted octanol–water partition coefficient (Wildman–Crippen LogP) is 1.40.